The van der Waals surface area contributed by atoms with Gasteiger partial charge in [0.25, 0.3) is 0 Å². The van der Waals surface area contributed by atoms with E-state index in [0.29, 0.717) is 12.2 Å². The van der Waals surface area contributed by atoms with Gasteiger partial charge >= 0.3 is 0 Å². The van der Waals surface area contributed by atoms with Crippen LogP contribution >= 0.6 is 0 Å². The first-order valence-corrected chi connectivity index (χ1v) is 10.5. The number of aromatic nitrogens is 5. The average molecular weight is 415 g/mol. The third-order valence-corrected chi connectivity index (χ3v) is 5.94. The summed E-state index contributed by atoms with van der Waals surface area (Å²) in [4.78, 5) is 18.2. The Balaban J connectivity index is 1.55. The molecule has 1 fully saturated rings. The zero-order valence-electron chi connectivity index (χ0n) is 17.5. The molecule has 8 nitrogen and oxygen atoms in total. The van der Waals surface area contributed by atoms with E-state index < -0.39 is 5.54 Å². The van der Waals surface area contributed by atoms with Crippen molar-refractivity contribution < 1.29 is 0 Å². The fraction of sp³-hybridized carbons (Fsp3) is 0.304. The molecule has 4 aromatic heterocycles. The summed E-state index contributed by atoms with van der Waals surface area (Å²) in [5, 5.41) is 3.38. The first-order chi connectivity index (χ1) is 15.0. The lowest BCUT2D eigenvalue weighted by Crippen LogP contribution is -2.47. The second-order valence-electron chi connectivity index (χ2n) is 8.39. The Kier molecular flexibility index (Phi) is 4.88. The minimum absolute atomic E-state index is 0.0870. The van der Waals surface area contributed by atoms with E-state index >= 15 is 0 Å². The van der Waals surface area contributed by atoms with Crippen LogP contribution in [0.25, 0.3) is 17.0 Å². The summed E-state index contributed by atoms with van der Waals surface area (Å²) in [6, 6.07) is 7.93. The van der Waals surface area contributed by atoms with Crippen LogP contribution in [-0.2, 0) is 5.54 Å². The Hall–Kier alpha value is -3.36. The average Bonchev–Trinajstić information content (AvgIpc) is 3.17. The van der Waals surface area contributed by atoms with Gasteiger partial charge in [-0.3, -0.25) is 9.38 Å². The minimum Gasteiger partial charge on any atom is -0.353 e. The van der Waals surface area contributed by atoms with Gasteiger partial charge in [-0.25, -0.2) is 15.0 Å². The lowest BCUT2D eigenvalue weighted by Gasteiger charge is -2.35. The Morgan fingerprint density at radius 2 is 2.03 bits per heavy atom. The molecule has 2 atom stereocenters. The summed E-state index contributed by atoms with van der Waals surface area (Å²) < 4.78 is 2.04. The van der Waals surface area contributed by atoms with Gasteiger partial charge in [-0.2, -0.15) is 0 Å². The van der Waals surface area contributed by atoms with Crippen molar-refractivity contribution in [2.45, 2.75) is 44.2 Å². The van der Waals surface area contributed by atoms with Gasteiger partial charge in [-0.1, -0.05) is 0 Å². The van der Waals surface area contributed by atoms with Crippen LogP contribution in [0.1, 0.15) is 37.1 Å². The molecule has 0 aromatic carbocycles. The number of nitrogens with zero attached hydrogens (tertiary/aromatic N) is 5. The minimum atomic E-state index is -0.590. The van der Waals surface area contributed by atoms with Gasteiger partial charge in [0.05, 0.1) is 40.7 Å². The predicted octanol–water partition coefficient (Wildman–Crippen LogP) is 3.29. The monoisotopic (exact) mass is 414 g/mol. The Morgan fingerprint density at radius 3 is 2.84 bits per heavy atom. The quantitative estimate of drug-likeness (QED) is 0.468. The molecule has 2 unspecified atom stereocenters. The SMILES string of the molecule is Cc1cnc(C2(N)CCCC(N)C2)nc1-c1cnc2ccc(Nc3cccnc3)cn12. The second kappa shape index (κ2) is 7.72. The highest BCUT2D eigenvalue weighted by Gasteiger charge is 2.36. The first kappa shape index (κ1) is 19.6. The maximum Gasteiger partial charge on any atom is 0.148 e. The van der Waals surface area contributed by atoms with Gasteiger partial charge in [-0.05, 0) is 62.4 Å². The zero-order valence-corrected chi connectivity index (χ0v) is 17.5. The molecular weight excluding hydrogens is 388 g/mol. The largest absolute Gasteiger partial charge is 0.353 e. The zero-order chi connectivity index (χ0) is 21.4. The lowest BCUT2D eigenvalue weighted by molar-refractivity contribution is 0.260. The Morgan fingerprint density at radius 1 is 1.13 bits per heavy atom. The molecule has 0 amide bonds. The van der Waals surface area contributed by atoms with Crippen molar-refractivity contribution in [2.24, 2.45) is 11.5 Å². The van der Waals surface area contributed by atoms with Crippen molar-refractivity contribution in [1.82, 2.24) is 24.3 Å². The summed E-state index contributed by atoms with van der Waals surface area (Å²) in [5.74, 6) is 0.655. The number of hydrogen-bond acceptors (Lipinski definition) is 7. The van der Waals surface area contributed by atoms with E-state index in [1.165, 1.54) is 0 Å². The maximum atomic E-state index is 6.72. The van der Waals surface area contributed by atoms with Crippen LogP contribution in [0.5, 0.6) is 0 Å². The molecule has 0 saturated heterocycles. The molecular formula is C23H26N8. The number of anilines is 2. The summed E-state index contributed by atoms with van der Waals surface area (Å²) >= 11 is 0. The number of nitrogens with one attached hydrogen (secondary N) is 1. The van der Waals surface area contributed by atoms with Crippen molar-refractivity contribution in [3.05, 3.63) is 66.6 Å². The predicted molar refractivity (Wildman–Crippen MR) is 121 cm³/mol. The summed E-state index contributed by atoms with van der Waals surface area (Å²) in [6.45, 7) is 2.01. The van der Waals surface area contributed by atoms with Gasteiger partial charge in [0.15, 0.2) is 0 Å². The summed E-state index contributed by atoms with van der Waals surface area (Å²) in [5.41, 5.74) is 17.7. The number of fused-ring (bicyclic) bond motifs is 1. The van der Waals surface area contributed by atoms with Crippen LogP contribution in [0.4, 0.5) is 11.4 Å². The number of hydrogen-bond donors (Lipinski definition) is 3. The Labute approximate surface area is 180 Å². The summed E-state index contributed by atoms with van der Waals surface area (Å²) in [6.07, 6.45) is 12.8. The molecule has 8 heteroatoms. The molecule has 0 bridgehead atoms. The van der Waals surface area contributed by atoms with Crippen molar-refractivity contribution in [1.29, 1.82) is 0 Å². The highest BCUT2D eigenvalue weighted by molar-refractivity contribution is 5.66. The molecule has 4 aromatic rings. The fourth-order valence-electron chi connectivity index (χ4n) is 4.33. The number of pyridine rings is 2. The maximum absolute atomic E-state index is 6.72. The van der Waals surface area contributed by atoms with Gasteiger partial charge in [0.1, 0.15) is 11.5 Å². The van der Waals surface area contributed by atoms with Crippen LogP contribution in [0.15, 0.2) is 55.2 Å². The van der Waals surface area contributed by atoms with Crippen molar-refractivity contribution in [2.75, 3.05) is 5.32 Å². The second-order valence-corrected chi connectivity index (χ2v) is 8.39. The topological polar surface area (TPSA) is 120 Å². The first-order valence-electron chi connectivity index (χ1n) is 10.5. The molecule has 0 spiro atoms. The van der Waals surface area contributed by atoms with E-state index in [1.807, 2.05) is 54.2 Å². The van der Waals surface area contributed by atoms with E-state index in [9.17, 15) is 0 Å². The van der Waals surface area contributed by atoms with Crippen LogP contribution in [0, 0.1) is 6.92 Å². The summed E-state index contributed by atoms with van der Waals surface area (Å²) in [7, 11) is 0. The van der Waals surface area contributed by atoms with Crippen molar-refractivity contribution in [3.8, 4) is 11.4 Å². The van der Waals surface area contributed by atoms with Gasteiger partial charge in [0, 0.05) is 24.6 Å². The molecule has 5 rings (SSSR count). The Bertz CT molecular complexity index is 1220. The highest BCUT2D eigenvalue weighted by Crippen LogP contribution is 2.34. The third-order valence-electron chi connectivity index (χ3n) is 5.94. The van der Waals surface area contributed by atoms with Gasteiger partial charge in [0.2, 0.25) is 0 Å². The molecule has 1 aliphatic rings. The molecule has 158 valence electrons. The van der Waals surface area contributed by atoms with E-state index in [1.54, 1.807) is 12.4 Å². The smallest absolute Gasteiger partial charge is 0.148 e. The number of aryl methyl sites for hydroxylation is 1. The van der Waals surface area contributed by atoms with Crippen molar-refractivity contribution >= 4 is 17.0 Å². The van der Waals surface area contributed by atoms with Gasteiger partial charge in [-0.15, -0.1) is 0 Å². The molecule has 1 aliphatic carbocycles. The van der Waals surface area contributed by atoms with Gasteiger partial charge < -0.3 is 16.8 Å². The molecule has 31 heavy (non-hydrogen) atoms. The van der Waals surface area contributed by atoms with Crippen LogP contribution < -0.4 is 16.8 Å². The standard InChI is InChI=1S/C23H26N8/c1-15-11-28-22(23(25)8-2-4-16(24)10-23)30-21(15)19-13-27-20-7-6-18(14-31(19)20)29-17-5-3-9-26-12-17/h3,5-7,9,11-14,16,29H,2,4,8,10,24-25H2,1H3. The molecule has 0 radical (unpaired) electrons. The lowest BCUT2D eigenvalue weighted by atomic mass is 9.79. The number of rotatable bonds is 4. The van der Waals surface area contributed by atoms with Crippen LogP contribution in [0.3, 0.4) is 0 Å². The van der Waals surface area contributed by atoms with E-state index in [-0.39, 0.29) is 6.04 Å². The highest BCUT2D eigenvalue weighted by atomic mass is 15.1. The number of imidazole rings is 1. The van der Waals surface area contributed by atoms with E-state index in [0.717, 1.165) is 53.2 Å². The normalized spacial score (nSPS) is 21.3. The molecule has 4 heterocycles. The molecule has 1 saturated carbocycles. The molecule has 0 aliphatic heterocycles. The van der Waals surface area contributed by atoms with Crippen LogP contribution in [0.2, 0.25) is 0 Å². The van der Waals surface area contributed by atoms with E-state index in [2.05, 4.69) is 20.3 Å². The number of nitrogens with two attached hydrogens (primary N) is 2. The third kappa shape index (κ3) is 3.75. The van der Waals surface area contributed by atoms with Crippen molar-refractivity contribution in [3.63, 3.8) is 0 Å². The molecule has 5 N–H and O–H groups in total. The van der Waals surface area contributed by atoms with Crippen LogP contribution in [-0.4, -0.2) is 30.4 Å². The fourth-order valence-corrected chi connectivity index (χ4v) is 4.33. The van der Waals surface area contributed by atoms with E-state index in [4.69, 9.17) is 16.5 Å².